The maximum absolute atomic E-state index is 13.3. The Hall–Kier alpha value is -2.80. The van der Waals surface area contributed by atoms with Crippen LogP contribution in [-0.2, 0) is 0 Å². The summed E-state index contributed by atoms with van der Waals surface area (Å²) < 4.78 is 10.9. The molecule has 2 aromatic carbocycles. The molecule has 3 aromatic rings. The Labute approximate surface area is 234 Å². The molecule has 0 spiro atoms. The van der Waals surface area contributed by atoms with Gasteiger partial charge in [-0.15, -0.1) is 0 Å². The number of nitrogens with zero attached hydrogens (tertiary/aromatic N) is 3. The fourth-order valence-corrected chi connectivity index (χ4v) is 6.35. The van der Waals surface area contributed by atoms with Crippen LogP contribution in [0.25, 0.3) is 0 Å². The van der Waals surface area contributed by atoms with Gasteiger partial charge in [-0.25, -0.2) is 4.98 Å². The SMILES string of the molecule is COc1ccc2c(c1)C(=O)N(C)C2C(CCN1CCC(c2cccnc2OC)CC1)c1ccc(Cl)c(Cl)c1. The van der Waals surface area contributed by atoms with Crippen molar-refractivity contribution in [2.24, 2.45) is 0 Å². The molecule has 38 heavy (non-hydrogen) atoms. The minimum Gasteiger partial charge on any atom is -0.497 e. The van der Waals surface area contributed by atoms with E-state index >= 15 is 0 Å². The first-order chi connectivity index (χ1) is 18.4. The smallest absolute Gasteiger partial charge is 0.254 e. The van der Waals surface area contributed by atoms with Gasteiger partial charge in [0.15, 0.2) is 0 Å². The second-order valence-corrected chi connectivity index (χ2v) is 10.9. The van der Waals surface area contributed by atoms with Gasteiger partial charge in [-0.1, -0.05) is 41.4 Å². The number of hydrogen-bond donors (Lipinski definition) is 0. The lowest BCUT2D eigenvalue weighted by molar-refractivity contribution is 0.0746. The van der Waals surface area contributed by atoms with Crippen molar-refractivity contribution in [3.8, 4) is 11.6 Å². The van der Waals surface area contributed by atoms with Crippen LogP contribution in [0.4, 0.5) is 0 Å². The van der Waals surface area contributed by atoms with Crippen molar-refractivity contribution in [1.29, 1.82) is 0 Å². The van der Waals surface area contributed by atoms with Crippen molar-refractivity contribution in [3.63, 3.8) is 0 Å². The highest BCUT2D eigenvalue weighted by molar-refractivity contribution is 6.42. The fourth-order valence-electron chi connectivity index (χ4n) is 6.04. The molecule has 1 fully saturated rings. The molecule has 1 amide bonds. The zero-order chi connectivity index (χ0) is 26.8. The maximum Gasteiger partial charge on any atom is 0.254 e. The number of likely N-dealkylation sites (N-methyl/N-ethyl adjacent to an activating group) is 1. The highest BCUT2D eigenvalue weighted by Gasteiger charge is 2.40. The number of fused-ring (bicyclic) bond motifs is 1. The molecule has 200 valence electrons. The maximum atomic E-state index is 13.3. The standard InChI is InChI=1S/C30H33Cl2N3O3/c1-34-28(24-8-7-21(37-2)18-25(24)30(34)36)22(20-6-9-26(31)27(32)17-20)12-16-35-14-10-19(11-15-35)23-5-4-13-33-29(23)38-3/h4-9,13,17-19,22,28H,10-12,14-16H2,1-3H3. The van der Waals surface area contributed by atoms with E-state index in [1.165, 1.54) is 5.56 Å². The summed E-state index contributed by atoms with van der Waals surface area (Å²) in [5, 5.41) is 1.06. The number of methoxy groups -OCH3 is 2. The quantitative estimate of drug-likeness (QED) is 0.315. The van der Waals surface area contributed by atoms with Gasteiger partial charge in [0.1, 0.15) is 5.75 Å². The van der Waals surface area contributed by atoms with Crippen LogP contribution in [0.3, 0.4) is 0 Å². The van der Waals surface area contributed by atoms with Crippen LogP contribution < -0.4 is 9.47 Å². The fraction of sp³-hybridized carbons (Fsp3) is 0.400. The minimum absolute atomic E-state index is 0.0141. The van der Waals surface area contributed by atoms with Gasteiger partial charge in [-0.05, 0) is 86.3 Å². The molecule has 2 atom stereocenters. The third kappa shape index (κ3) is 5.22. The first-order valence-corrected chi connectivity index (χ1v) is 13.8. The summed E-state index contributed by atoms with van der Waals surface area (Å²) in [5.74, 6) is 1.94. The molecular weight excluding hydrogens is 521 g/mol. The Morgan fingerprint density at radius 2 is 1.79 bits per heavy atom. The van der Waals surface area contributed by atoms with Crippen LogP contribution in [0.5, 0.6) is 11.6 Å². The molecule has 2 aliphatic rings. The lowest BCUT2D eigenvalue weighted by Crippen LogP contribution is -2.36. The number of carbonyl (C=O) groups is 1. The van der Waals surface area contributed by atoms with Crippen molar-refractivity contribution < 1.29 is 14.3 Å². The van der Waals surface area contributed by atoms with Crippen molar-refractivity contribution >= 4 is 29.1 Å². The Balaban J connectivity index is 1.36. The third-order valence-corrected chi connectivity index (χ3v) is 8.82. The number of pyridine rings is 1. The van der Waals surface area contributed by atoms with Gasteiger partial charge < -0.3 is 19.3 Å². The average Bonchev–Trinajstić information content (AvgIpc) is 3.20. The summed E-state index contributed by atoms with van der Waals surface area (Å²) in [6, 6.07) is 15.7. The molecule has 3 heterocycles. The summed E-state index contributed by atoms with van der Waals surface area (Å²) in [5.41, 5.74) is 4.01. The molecule has 0 aliphatic carbocycles. The molecular formula is C30H33Cl2N3O3. The molecule has 6 nitrogen and oxygen atoms in total. The molecule has 0 radical (unpaired) electrons. The Kier molecular flexibility index (Phi) is 8.12. The van der Waals surface area contributed by atoms with Crippen LogP contribution in [0.2, 0.25) is 10.0 Å². The molecule has 0 bridgehead atoms. The third-order valence-electron chi connectivity index (χ3n) is 8.08. The normalized spacial score (nSPS) is 18.9. The predicted octanol–water partition coefficient (Wildman–Crippen LogP) is 6.59. The Morgan fingerprint density at radius 1 is 1.00 bits per heavy atom. The highest BCUT2D eigenvalue weighted by Crippen LogP contribution is 2.46. The van der Waals surface area contributed by atoms with Crippen molar-refractivity contribution in [2.75, 3.05) is 40.9 Å². The Bertz CT molecular complexity index is 1310. The molecule has 0 N–H and O–H groups in total. The van der Waals surface area contributed by atoms with Crippen LogP contribution in [0, 0.1) is 0 Å². The molecule has 8 heteroatoms. The van der Waals surface area contributed by atoms with Crippen LogP contribution in [0.1, 0.15) is 64.2 Å². The highest BCUT2D eigenvalue weighted by atomic mass is 35.5. The molecule has 0 saturated carbocycles. The number of amides is 1. The van der Waals surface area contributed by atoms with E-state index < -0.39 is 0 Å². The van der Waals surface area contributed by atoms with Gasteiger partial charge >= 0.3 is 0 Å². The zero-order valence-electron chi connectivity index (χ0n) is 22.0. The lowest BCUT2D eigenvalue weighted by Gasteiger charge is -2.35. The largest absolute Gasteiger partial charge is 0.497 e. The van der Waals surface area contributed by atoms with Gasteiger partial charge in [-0.3, -0.25) is 4.79 Å². The number of piperidine rings is 1. The van der Waals surface area contributed by atoms with Crippen LogP contribution >= 0.6 is 23.2 Å². The average molecular weight is 555 g/mol. The molecule has 2 aliphatic heterocycles. The number of likely N-dealkylation sites (tertiary alicyclic amines) is 1. The van der Waals surface area contributed by atoms with Crippen molar-refractivity contribution in [1.82, 2.24) is 14.8 Å². The topological polar surface area (TPSA) is 54.9 Å². The van der Waals surface area contributed by atoms with E-state index in [2.05, 4.69) is 16.0 Å². The number of hydrogen-bond acceptors (Lipinski definition) is 5. The number of rotatable bonds is 8. The van der Waals surface area contributed by atoms with E-state index in [4.69, 9.17) is 32.7 Å². The van der Waals surface area contributed by atoms with E-state index in [-0.39, 0.29) is 17.9 Å². The second kappa shape index (κ2) is 11.5. The van der Waals surface area contributed by atoms with Gasteiger partial charge in [-0.2, -0.15) is 0 Å². The Morgan fingerprint density at radius 3 is 2.50 bits per heavy atom. The zero-order valence-corrected chi connectivity index (χ0v) is 23.5. The second-order valence-electron chi connectivity index (χ2n) is 10.1. The minimum atomic E-state index is -0.0992. The van der Waals surface area contributed by atoms with Crippen LogP contribution in [-0.4, -0.2) is 61.6 Å². The van der Waals surface area contributed by atoms with Crippen molar-refractivity contribution in [2.45, 2.75) is 37.1 Å². The number of benzene rings is 2. The monoisotopic (exact) mass is 553 g/mol. The summed E-state index contributed by atoms with van der Waals surface area (Å²) >= 11 is 12.7. The summed E-state index contributed by atoms with van der Waals surface area (Å²) in [7, 11) is 5.19. The number of halogens is 2. The van der Waals surface area contributed by atoms with Gasteiger partial charge in [0.25, 0.3) is 5.91 Å². The van der Waals surface area contributed by atoms with Crippen LogP contribution in [0.15, 0.2) is 54.7 Å². The first kappa shape index (κ1) is 26.8. The van der Waals surface area contributed by atoms with E-state index in [1.807, 2.05) is 54.4 Å². The van der Waals surface area contributed by atoms with Gasteiger partial charge in [0.2, 0.25) is 5.88 Å². The molecule has 5 rings (SSSR count). The van der Waals surface area contributed by atoms with Gasteiger partial charge in [0.05, 0.1) is 30.3 Å². The summed E-state index contributed by atoms with van der Waals surface area (Å²) in [6.45, 7) is 2.93. The number of ether oxygens (including phenoxy) is 2. The molecule has 1 saturated heterocycles. The van der Waals surface area contributed by atoms with E-state index in [0.717, 1.165) is 55.9 Å². The van der Waals surface area contributed by atoms with Gasteiger partial charge in [0, 0.05) is 30.3 Å². The van der Waals surface area contributed by atoms with E-state index in [1.54, 1.807) is 20.4 Å². The predicted molar refractivity (Wildman–Crippen MR) is 151 cm³/mol. The lowest BCUT2D eigenvalue weighted by atomic mass is 9.84. The first-order valence-electron chi connectivity index (χ1n) is 13.0. The molecule has 2 unspecified atom stereocenters. The molecule has 1 aromatic heterocycles. The van der Waals surface area contributed by atoms with E-state index in [9.17, 15) is 4.79 Å². The number of carbonyl (C=O) groups excluding carboxylic acids is 1. The summed E-state index contributed by atoms with van der Waals surface area (Å²) in [6.07, 6.45) is 4.78. The summed E-state index contributed by atoms with van der Waals surface area (Å²) in [4.78, 5) is 22.0. The van der Waals surface area contributed by atoms with E-state index in [0.29, 0.717) is 27.3 Å². The number of aromatic nitrogens is 1. The van der Waals surface area contributed by atoms with Crippen molar-refractivity contribution in [3.05, 3.63) is 87.0 Å².